The largest absolute Gasteiger partial charge is 0.481 e. The van der Waals surface area contributed by atoms with Crippen LogP contribution in [0.5, 0.6) is 0 Å². The minimum Gasteiger partial charge on any atom is -0.481 e. The van der Waals surface area contributed by atoms with E-state index in [1.165, 1.54) is 33.4 Å². The fourth-order valence-corrected chi connectivity index (χ4v) is 12.6. The van der Waals surface area contributed by atoms with E-state index in [-0.39, 0.29) is 81.3 Å². The molecule has 3 aromatic heterocycles. The molecule has 1 fully saturated rings. The van der Waals surface area contributed by atoms with Gasteiger partial charge in [-0.15, -0.1) is 0 Å². The summed E-state index contributed by atoms with van der Waals surface area (Å²) in [5.41, 5.74) is 2.82. The second-order valence-corrected chi connectivity index (χ2v) is 27.9. The van der Waals surface area contributed by atoms with Crippen molar-refractivity contribution < 1.29 is 82.4 Å². The Morgan fingerprint density at radius 3 is 1.63 bits per heavy atom. The summed E-state index contributed by atoms with van der Waals surface area (Å²) in [5, 5.41) is 65.2. The number of nitrogens with one attached hydrogen (secondary N) is 16. The number of fused-ring (bicyclic) bond motifs is 2. The molecule has 1 aliphatic rings. The molecule has 0 spiro atoms. The van der Waals surface area contributed by atoms with E-state index in [0.717, 1.165) is 11.8 Å². The highest BCUT2D eigenvalue weighted by atomic mass is 32.2. The van der Waals surface area contributed by atoms with Crippen molar-refractivity contribution in [3.63, 3.8) is 0 Å². The number of aromatic amines is 3. The average Bonchev–Trinajstić information content (AvgIpc) is 1.72. The molecule has 0 aliphatic carbocycles. The van der Waals surface area contributed by atoms with Gasteiger partial charge in [-0.3, -0.25) is 67.1 Å². The Morgan fingerprint density at radius 2 is 1.10 bits per heavy atom. The highest BCUT2D eigenvalue weighted by molar-refractivity contribution is 7.99. The number of benzene rings is 2. The van der Waals surface area contributed by atoms with Crippen molar-refractivity contribution in [2.75, 3.05) is 31.6 Å². The summed E-state index contributed by atoms with van der Waals surface area (Å²) in [4.78, 5) is 210. The molecule has 2 aromatic carbocycles. The van der Waals surface area contributed by atoms with Gasteiger partial charge in [0.1, 0.15) is 60.4 Å². The van der Waals surface area contributed by atoms with Crippen LogP contribution in [0.1, 0.15) is 117 Å². The number of para-hydroxylation sites is 2. The van der Waals surface area contributed by atoms with Crippen LogP contribution in [-0.2, 0) is 86.4 Å². The zero-order valence-corrected chi connectivity index (χ0v) is 60.8. The van der Waals surface area contributed by atoms with Crippen LogP contribution < -0.4 is 69.1 Å². The number of imidazole rings is 1. The Bertz CT molecular complexity index is 3840. The first-order valence-electron chi connectivity index (χ1n) is 35.0. The molecule has 4 heterocycles. The van der Waals surface area contributed by atoms with Gasteiger partial charge in [0.2, 0.25) is 70.9 Å². The van der Waals surface area contributed by atoms with Gasteiger partial charge >= 0.3 is 11.9 Å². The number of aliphatic hydroxyl groups excluding tert-OH is 1. The second kappa shape index (κ2) is 41.2. The van der Waals surface area contributed by atoms with Gasteiger partial charge in [0, 0.05) is 90.5 Å². The monoisotopic (exact) mass is 1480 g/mol. The normalized spacial score (nSPS) is 23.1. The summed E-state index contributed by atoms with van der Waals surface area (Å²) >= 11 is 1.02. The molecular weight excluding hydrogens is 1380 g/mol. The lowest BCUT2D eigenvalue weighted by molar-refractivity contribution is -0.139. The van der Waals surface area contributed by atoms with Crippen molar-refractivity contribution >= 4 is 116 Å². The lowest BCUT2D eigenvalue weighted by atomic mass is 10.0. The fraction of sp³-hybridized carbons (Fsp3) is 0.529. The van der Waals surface area contributed by atoms with E-state index in [1.807, 2.05) is 0 Å². The number of hydrogen-bond acceptors (Lipinski definition) is 18. The molecular formula is C70H99N17O17S. The number of carboxylic acid groups (broad SMARTS) is 2. The first-order chi connectivity index (χ1) is 49.9. The minimum absolute atomic E-state index is 0.0219. The lowest BCUT2D eigenvalue weighted by Crippen LogP contribution is -2.60. The molecule has 1 saturated heterocycles. The summed E-state index contributed by atoms with van der Waals surface area (Å²) in [6.45, 7) is 10.2. The quantitative estimate of drug-likeness (QED) is 0.0367. The van der Waals surface area contributed by atoms with Crippen LogP contribution in [0.25, 0.3) is 21.8 Å². The van der Waals surface area contributed by atoms with Gasteiger partial charge in [-0.05, 0) is 100 Å². The number of carboxylic acids is 2. The molecule has 1 aliphatic heterocycles. The molecule has 0 saturated carbocycles. The SMILES string of the molecule is CCC1NC(=O)[C@H](CC(C)C)NC(=O)[C@H](CCC(=O)O)NC(=O)CNC(=O)[C@H](CC(C)C)NC(=O)[C@H](Cc2cnc[nH]2)NC(=O)[C@H](Cc2c[nH]c3ccccc23)NC(=O)[C@H](C)NC(=O)[C@@H](NC(=O)[C@H](CCC(=O)O)NC)CSCC[C@@H](C(=O)NC[C@@H](C)O)NC(=O)[C@H](Cc2c[nH]c3ccccc23)NC1=O. The zero-order valence-electron chi connectivity index (χ0n) is 60.0. The Labute approximate surface area is 610 Å². The summed E-state index contributed by atoms with van der Waals surface area (Å²) in [6.07, 6.45) is 2.19. The molecule has 1 unspecified atom stereocenters. The fourth-order valence-electron chi connectivity index (χ4n) is 11.6. The highest BCUT2D eigenvalue weighted by Gasteiger charge is 2.37. The van der Waals surface area contributed by atoms with E-state index in [2.05, 4.69) is 89.1 Å². The minimum atomic E-state index is -1.62. The number of thioether (sulfide) groups is 1. The van der Waals surface area contributed by atoms with E-state index in [0.29, 0.717) is 38.6 Å². The van der Waals surface area contributed by atoms with E-state index in [1.54, 1.807) is 95.5 Å². The van der Waals surface area contributed by atoms with Crippen molar-refractivity contribution in [2.45, 2.75) is 192 Å². The third kappa shape index (κ3) is 26.7. The molecule has 5 aromatic rings. The van der Waals surface area contributed by atoms with Crippen LogP contribution in [0.4, 0.5) is 0 Å². The van der Waals surface area contributed by atoms with E-state index in [4.69, 9.17) is 0 Å². The highest BCUT2D eigenvalue weighted by Crippen LogP contribution is 2.22. The number of H-pyrrole nitrogens is 3. The summed E-state index contributed by atoms with van der Waals surface area (Å²) in [5.74, 6) is -14.1. The van der Waals surface area contributed by atoms with Gasteiger partial charge in [-0.2, -0.15) is 11.8 Å². The number of rotatable bonds is 23. The molecule has 6 rings (SSSR count). The van der Waals surface area contributed by atoms with Crippen LogP contribution in [-0.4, -0.2) is 222 Å². The topological polar surface area (TPSA) is 516 Å². The Hall–Kier alpha value is -10.4. The van der Waals surface area contributed by atoms with Crippen molar-refractivity contribution in [1.82, 2.24) is 89.1 Å². The van der Waals surface area contributed by atoms with Crippen molar-refractivity contribution in [1.29, 1.82) is 0 Å². The maximum Gasteiger partial charge on any atom is 0.303 e. The Kier molecular flexibility index (Phi) is 32.7. The number of aliphatic carboxylic acids is 2. The van der Waals surface area contributed by atoms with Crippen molar-refractivity contribution in [3.05, 3.63) is 90.3 Å². The summed E-state index contributed by atoms with van der Waals surface area (Å²) in [7, 11) is 1.41. The van der Waals surface area contributed by atoms with E-state index in [9.17, 15) is 82.4 Å². The molecule has 34 nitrogen and oxygen atoms in total. The van der Waals surface area contributed by atoms with Crippen LogP contribution in [0, 0.1) is 11.8 Å². The van der Waals surface area contributed by atoms with Crippen LogP contribution in [0.2, 0.25) is 0 Å². The number of carbonyl (C=O) groups excluding carboxylic acids is 12. The van der Waals surface area contributed by atoms with Crippen molar-refractivity contribution in [2.24, 2.45) is 11.8 Å². The molecule has 35 heteroatoms. The third-order valence-electron chi connectivity index (χ3n) is 17.3. The molecule has 12 amide bonds. The Balaban J connectivity index is 1.41. The van der Waals surface area contributed by atoms with Crippen molar-refractivity contribution in [3.8, 4) is 0 Å². The number of amides is 12. The maximum absolute atomic E-state index is 15.0. The molecule has 12 atom stereocenters. The molecule has 19 N–H and O–H groups in total. The molecule has 105 heavy (non-hydrogen) atoms. The van der Waals surface area contributed by atoms with Gasteiger partial charge < -0.3 is 99.4 Å². The first-order valence-corrected chi connectivity index (χ1v) is 36.1. The van der Waals surface area contributed by atoms with Crippen LogP contribution in [0.15, 0.2) is 73.4 Å². The summed E-state index contributed by atoms with van der Waals surface area (Å²) < 4.78 is 0. The predicted molar refractivity (Wildman–Crippen MR) is 387 cm³/mol. The third-order valence-corrected chi connectivity index (χ3v) is 18.3. The van der Waals surface area contributed by atoms with Crippen LogP contribution >= 0.6 is 11.8 Å². The number of carbonyl (C=O) groups is 14. The van der Waals surface area contributed by atoms with E-state index >= 15 is 0 Å². The smallest absolute Gasteiger partial charge is 0.303 e. The van der Waals surface area contributed by atoms with E-state index < -0.39 is 181 Å². The number of aliphatic hydroxyl groups is 1. The molecule has 0 radical (unpaired) electrons. The van der Waals surface area contributed by atoms with Crippen LogP contribution in [0.3, 0.4) is 0 Å². The number of likely N-dealkylation sites (N-methyl/N-ethyl adjacent to an activating group) is 1. The molecule has 572 valence electrons. The molecule has 0 bridgehead atoms. The average molecular weight is 1480 g/mol. The summed E-state index contributed by atoms with van der Waals surface area (Å²) in [6, 6.07) is -1.57. The number of hydrogen-bond donors (Lipinski definition) is 19. The standard InChI is InChI=1S/C70H99N17O17S/c1-9-45-63(97)85-54(27-41-31-74-47-17-13-11-15-44(41)47)67(101)81-50(61(95)75-29-38(6)88)22-23-105-34-56(87-64(98)48(71-8)18-20-58(90)91)70(104)78-39(7)60(94)82-53(26-40-30-73-46-16-12-10-14-43(40)46)68(102)86-55(28-42-32-72-35-77-42)69(103)83-51(24-36(2)3)62(96)76-33-57(89)79-49(19-21-59(92)93)65(99)84-52(25-37(4)5)66(100)80-45/h10-17,30-32,35-39,45,48-56,71,73-74,88H,9,18-29,33-34H2,1-8H3,(H,72,77)(H,75,95)(H,76,96)(H,78,104)(H,79,89)(H,80,100)(H,81,101)(H,82,94)(H,83,103)(H,84,99)(H,85,97)(H,86,102)(H,87,98)(H,90,91)(H,92,93)/t38-,39+,45?,48+,49+,50+,51+,52+,53+,54+,55+,56+/m1/s1. The van der Waals surface area contributed by atoms with Gasteiger partial charge in [-0.25, -0.2) is 4.98 Å². The predicted octanol–water partition coefficient (Wildman–Crippen LogP) is -1.16. The number of aromatic nitrogens is 4. The Morgan fingerprint density at radius 1 is 0.590 bits per heavy atom. The zero-order chi connectivity index (χ0) is 77.0. The van der Waals surface area contributed by atoms with Gasteiger partial charge in [0.15, 0.2) is 0 Å². The van der Waals surface area contributed by atoms with Gasteiger partial charge in [0.05, 0.1) is 25.0 Å². The first kappa shape index (κ1) is 83.5. The number of nitrogens with zero attached hydrogens (tertiary/aromatic N) is 1. The second-order valence-electron chi connectivity index (χ2n) is 26.8. The maximum atomic E-state index is 15.0. The van der Waals surface area contributed by atoms with Gasteiger partial charge in [-0.1, -0.05) is 71.0 Å². The van der Waals surface area contributed by atoms with Gasteiger partial charge in [0.25, 0.3) is 0 Å². The lowest BCUT2D eigenvalue weighted by Gasteiger charge is -2.27.